The third kappa shape index (κ3) is 5.05. The minimum absolute atomic E-state index is 0.0926. The van der Waals surface area contributed by atoms with E-state index in [9.17, 15) is 9.18 Å². The van der Waals surface area contributed by atoms with Crippen LogP contribution >= 0.6 is 0 Å². The van der Waals surface area contributed by atoms with Gasteiger partial charge in [-0.1, -0.05) is 30.3 Å². The molecule has 34 heavy (non-hydrogen) atoms. The second-order valence-corrected chi connectivity index (χ2v) is 8.85. The summed E-state index contributed by atoms with van der Waals surface area (Å²) >= 11 is 0. The molecule has 0 bridgehead atoms. The van der Waals surface area contributed by atoms with Gasteiger partial charge in [-0.05, 0) is 64.9 Å². The van der Waals surface area contributed by atoms with Gasteiger partial charge in [-0.3, -0.25) is 9.69 Å². The van der Waals surface area contributed by atoms with Crippen LogP contribution in [0.2, 0.25) is 0 Å². The molecule has 2 aromatic heterocycles. The van der Waals surface area contributed by atoms with Gasteiger partial charge in [-0.2, -0.15) is 0 Å². The van der Waals surface area contributed by atoms with Crippen LogP contribution in [0.5, 0.6) is 0 Å². The van der Waals surface area contributed by atoms with Crippen molar-refractivity contribution in [3.8, 4) is 0 Å². The number of pyridine rings is 1. The number of para-hydroxylation sites is 1. The molecule has 1 N–H and O–H groups in total. The summed E-state index contributed by atoms with van der Waals surface area (Å²) in [4.78, 5) is 18.1. The fourth-order valence-electron chi connectivity index (χ4n) is 4.47. The van der Waals surface area contributed by atoms with Gasteiger partial charge in [-0.25, -0.2) is 9.07 Å². The largest absolute Gasteiger partial charge is 0.377 e. The number of H-pyrrole nitrogens is 1. The zero-order chi connectivity index (χ0) is 23.5. The van der Waals surface area contributed by atoms with Crippen LogP contribution in [-0.2, 0) is 24.4 Å². The lowest BCUT2D eigenvalue weighted by Gasteiger charge is -2.24. The highest BCUT2D eigenvalue weighted by Crippen LogP contribution is 2.19. The van der Waals surface area contributed by atoms with E-state index in [4.69, 9.17) is 4.74 Å². The number of aromatic nitrogens is 5. The van der Waals surface area contributed by atoms with E-state index < -0.39 is 0 Å². The van der Waals surface area contributed by atoms with Gasteiger partial charge in [0.1, 0.15) is 5.82 Å². The third-order valence-corrected chi connectivity index (χ3v) is 6.26. The molecule has 1 aliphatic heterocycles. The Hall–Kier alpha value is -3.43. The van der Waals surface area contributed by atoms with Gasteiger partial charge in [0, 0.05) is 25.3 Å². The quantitative estimate of drug-likeness (QED) is 0.433. The Morgan fingerprint density at radius 3 is 2.85 bits per heavy atom. The van der Waals surface area contributed by atoms with Gasteiger partial charge in [0.25, 0.3) is 5.56 Å². The van der Waals surface area contributed by atoms with Crippen molar-refractivity contribution in [1.82, 2.24) is 30.1 Å². The minimum Gasteiger partial charge on any atom is -0.377 e. The molecule has 0 saturated carbocycles. The first-order valence-electron chi connectivity index (χ1n) is 11.5. The summed E-state index contributed by atoms with van der Waals surface area (Å²) in [5.74, 6) is 0.398. The topological polar surface area (TPSA) is 88.9 Å². The number of hydrogen-bond acceptors (Lipinski definition) is 6. The molecule has 0 aliphatic carbocycles. The summed E-state index contributed by atoms with van der Waals surface area (Å²) < 4.78 is 20.9. The van der Waals surface area contributed by atoms with Crippen LogP contribution < -0.4 is 5.56 Å². The van der Waals surface area contributed by atoms with Gasteiger partial charge in [0.15, 0.2) is 5.82 Å². The monoisotopic (exact) mass is 462 g/mol. The highest BCUT2D eigenvalue weighted by atomic mass is 19.1. The molecule has 0 amide bonds. The minimum atomic E-state index is -0.278. The maximum atomic E-state index is 13.3. The zero-order valence-electron chi connectivity index (χ0n) is 19.1. The standard InChI is InChI=1S/C25H27FN6O2/c1-17-4-2-5-19-12-20(25(33)27-24(17)19)14-31(15-22-6-3-11-34-22)16-23-28-29-30-32(23)13-18-7-9-21(26)10-8-18/h2,4-5,7-10,12,22H,3,6,11,13-16H2,1H3,(H,27,33)/t22-/m0/s1. The molecule has 4 aromatic rings. The van der Waals surface area contributed by atoms with Crippen molar-refractivity contribution in [1.29, 1.82) is 0 Å². The SMILES string of the molecule is Cc1cccc2cc(CN(Cc3nnnn3Cc3ccc(F)cc3)C[C@@H]3CCCO3)c(=O)[nH]c12. The molecule has 1 fully saturated rings. The van der Waals surface area contributed by atoms with Crippen molar-refractivity contribution < 1.29 is 9.13 Å². The second kappa shape index (κ2) is 9.82. The molecular formula is C25H27FN6O2. The van der Waals surface area contributed by atoms with Crippen LogP contribution in [0.15, 0.2) is 53.3 Å². The van der Waals surface area contributed by atoms with Gasteiger partial charge in [-0.15, -0.1) is 5.10 Å². The Morgan fingerprint density at radius 1 is 1.21 bits per heavy atom. The van der Waals surface area contributed by atoms with Crippen molar-refractivity contribution in [3.63, 3.8) is 0 Å². The maximum Gasteiger partial charge on any atom is 0.252 e. The van der Waals surface area contributed by atoms with Gasteiger partial charge >= 0.3 is 0 Å². The molecule has 5 rings (SSSR count). The average Bonchev–Trinajstić information content (AvgIpc) is 3.49. The molecule has 9 heteroatoms. The molecule has 0 spiro atoms. The average molecular weight is 463 g/mol. The summed E-state index contributed by atoms with van der Waals surface area (Å²) in [6, 6.07) is 14.3. The molecule has 0 radical (unpaired) electrons. The lowest BCUT2D eigenvalue weighted by atomic mass is 10.1. The zero-order valence-corrected chi connectivity index (χ0v) is 19.1. The molecule has 1 atom stereocenters. The van der Waals surface area contributed by atoms with Crippen molar-refractivity contribution >= 4 is 10.9 Å². The number of aryl methyl sites for hydroxylation is 1. The van der Waals surface area contributed by atoms with E-state index >= 15 is 0 Å². The Kier molecular flexibility index (Phi) is 6.46. The summed E-state index contributed by atoms with van der Waals surface area (Å²) in [6.45, 7) is 4.77. The summed E-state index contributed by atoms with van der Waals surface area (Å²) in [6.07, 6.45) is 2.14. The van der Waals surface area contributed by atoms with E-state index in [1.807, 2.05) is 31.2 Å². The number of aromatic amines is 1. The van der Waals surface area contributed by atoms with E-state index in [1.54, 1.807) is 16.8 Å². The van der Waals surface area contributed by atoms with E-state index in [-0.39, 0.29) is 17.5 Å². The predicted octanol–water partition coefficient (Wildman–Crippen LogP) is 3.19. The highest BCUT2D eigenvalue weighted by Gasteiger charge is 2.22. The molecule has 1 aliphatic rings. The first-order valence-corrected chi connectivity index (χ1v) is 11.5. The maximum absolute atomic E-state index is 13.3. The summed E-state index contributed by atoms with van der Waals surface area (Å²) in [7, 11) is 0. The smallest absolute Gasteiger partial charge is 0.252 e. The number of nitrogens with zero attached hydrogens (tertiary/aromatic N) is 5. The van der Waals surface area contributed by atoms with Crippen LogP contribution in [0.1, 0.15) is 35.4 Å². The van der Waals surface area contributed by atoms with Gasteiger partial charge in [0.2, 0.25) is 0 Å². The lowest BCUT2D eigenvalue weighted by Crippen LogP contribution is -2.34. The number of fused-ring (bicyclic) bond motifs is 1. The summed E-state index contributed by atoms with van der Waals surface area (Å²) in [5, 5.41) is 13.2. The van der Waals surface area contributed by atoms with E-state index in [1.165, 1.54) is 12.1 Å². The normalized spacial score (nSPS) is 16.0. The Labute approximate surface area is 196 Å². The number of benzene rings is 2. The second-order valence-electron chi connectivity index (χ2n) is 8.85. The van der Waals surface area contributed by atoms with E-state index in [0.29, 0.717) is 37.6 Å². The number of hydrogen-bond donors (Lipinski definition) is 1. The van der Waals surface area contributed by atoms with Crippen LogP contribution in [0.4, 0.5) is 4.39 Å². The molecule has 176 valence electrons. The number of rotatable bonds is 8. The van der Waals surface area contributed by atoms with E-state index in [0.717, 1.165) is 41.5 Å². The van der Waals surface area contributed by atoms with Crippen LogP contribution in [0, 0.1) is 12.7 Å². The first kappa shape index (κ1) is 22.4. The van der Waals surface area contributed by atoms with Crippen LogP contribution in [-0.4, -0.2) is 49.3 Å². The van der Waals surface area contributed by atoms with E-state index in [2.05, 4.69) is 25.4 Å². The Bertz CT molecular complexity index is 1330. The van der Waals surface area contributed by atoms with Crippen LogP contribution in [0.3, 0.4) is 0 Å². The number of tetrazole rings is 1. The molecule has 3 heterocycles. The molecule has 8 nitrogen and oxygen atoms in total. The number of halogens is 1. The van der Waals surface area contributed by atoms with Crippen LogP contribution in [0.25, 0.3) is 10.9 Å². The van der Waals surface area contributed by atoms with Gasteiger partial charge < -0.3 is 9.72 Å². The Balaban J connectivity index is 1.40. The fraction of sp³-hybridized carbons (Fsp3) is 0.360. The van der Waals surface area contributed by atoms with Crippen molar-refractivity contribution in [2.75, 3.05) is 13.2 Å². The molecule has 2 aromatic carbocycles. The first-order chi connectivity index (χ1) is 16.5. The van der Waals surface area contributed by atoms with Crippen molar-refractivity contribution in [2.45, 2.75) is 45.5 Å². The highest BCUT2D eigenvalue weighted by molar-refractivity contribution is 5.81. The van der Waals surface area contributed by atoms with Gasteiger partial charge in [0.05, 0.1) is 24.7 Å². The Morgan fingerprint density at radius 2 is 2.06 bits per heavy atom. The number of ether oxygens (including phenoxy) is 1. The lowest BCUT2D eigenvalue weighted by molar-refractivity contribution is 0.0663. The fourth-order valence-corrected chi connectivity index (χ4v) is 4.47. The molecular weight excluding hydrogens is 435 g/mol. The predicted molar refractivity (Wildman–Crippen MR) is 126 cm³/mol. The van der Waals surface area contributed by atoms with Crippen molar-refractivity contribution in [3.05, 3.63) is 87.2 Å². The summed E-state index contributed by atoms with van der Waals surface area (Å²) in [5.41, 5.74) is 3.41. The third-order valence-electron chi connectivity index (χ3n) is 6.26. The molecule has 0 unspecified atom stereocenters. The number of nitrogens with one attached hydrogen (secondary N) is 1. The molecule has 1 saturated heterocycles. The van der Waals surface area contributed by atoms with Crippen molar-refractivity contribution in [2.24, 2.45) is 0 Å².